The van der Waals surface area contributed by atoms with Crippen LogP contribution in [0, 0.1) is 11.3 Å². The van der Waals surface area contributed by atoms with Gasteiger partial charge in [0, 0.05) is 11.3 Å². The Kier molecular flexibility index (Phi) is 7.74. The number of benzene rings is 2. The van der Waals surface area contributed by atoms with E-state index in [-0.39, 0.29) is 6.54 Å². The maximum absolute atomic E-state index is 12.1. The molecule has 0 saturated heterocycles. The molecule has 2 aromatic rings. The molecule has 0 aliphatic heterocycles. The Morgan fingerprint density at radius 2 is 1.86 bits per heavy atom. The third-order valence-electron chi connectivity index (χ3n) is 3.76. The second-order valence-corrected chi connectivity index (χ2v) is 5.95. The van der Waals surface area contributed by atoms with Crippen molar-refractivity contribution in [2.24, 2.45) is 0 Å². The normalized spacial score (nSPS) is 10.9. The van der Waals surface area contributed by atoms with Crippen LogP contribution in [0.4, 0.5) is 5.69 Å². The van der Waals surface area contributed by atoms with Crippen LogP contribution < -0.4 is 15.4 Å². The van der Waals surface area contributed by atoms with E-state index < -0.39 is 23.9 Å². The highest BCUT2D eigenvalue weighted by atomic mass is 16.5. The Morgan fingerprint density at radius 3 is 2.52 bits per heavy atom. The van der Waals surface area contributed by atoms with E-state index >= 15 is 0 Å². The number of nitrogens with one attached hydrogen (secondary N) is 2. The molecular formula is C21H21N3O5. The predicted molar refractivity (Wildman–Crippen MR) is 105 cm³/mol. The zero-order valence-corrected chi connectivity index (χ0v) is 16.1. The van der Waals surface area contributed by atoms with Gasteiger partial charge in [0.05, 0.1) is 18.2 Å². The SMILES string of the molecule is CCOc1ccc(C(=O)NCC(=O)O[C@@H](C)C(=O)Nc2cccc(C#N)c2)cc1. The minimum absolute atomic E-state index is 0.365. The third kappa shape index (κ3) is 6.66. The predicted octanol–water partition coefficient (Wildman–Crippen LogP) is 2.26. The molecule has 150 valence electrons. The van der Waals surface area contributed by atoms with Crippen molar-refractivity contribution in [1.29, 1.82) is 5.26 Å². The molecule has 0 saturated carbocycles. The lowest BCUT2D eigenvalue weighted by molar-refractivity contribution is -0.152. The minimum Gasteiger partial charge on any atom is -0.494 e. The van der Waals surface area contributed by atoms with Crippen LogP contribution in [0.2, 0.25) is 0 Å². The van der Waals surface area contributed by atoms with Gasteiger partial charge in [-0.2, -0.15) is 5.26 Å². The number of ether oxygens (including phenoxy) is 2. The molecule has 8 nitrogen and oxygen atoms in total. The molecule has 8 heteroatoms. The van der Waals surface area contributed by atoms with E-state index in [9.17, 15) is 14.4 Å². The molecule has 0 fully saturated rings. The minimum atomic E-state index is -1.07. The standard InChI is InChI=1S/C21H21N3O5/c1-3-28-18-9-7-16(8-10-18)21(27)23-13-19(25)29-14(2)20(26)24-17-6-4-5-15(11-17)12-22/h4-11,14H,3,13H2,1-2H3,(H,23,27)(H,24,26)/t14-/m0/s1. The van der Waals surface area contributed by atoms with Gasteiger partial charge in [-0.1, -0.05) is 6.07 Å². The maximum atomic E-state index is 12.1. The highest BCUT2D eigenvalue weighted by molar-refractivity contribution is 5.97. The van der Waals surface area contributed by atoms with Gasteiger partial charge in [0.2, 0.25) is 0 Å². The lowest BCUT2D eigenvalue weighted by Crippen LogP contribution is -2.35. The number of rotatable bonds is 8. The number of esters is 1. The second-order valence-electron chi connectivity index (χ2n) is 5.95. The molecule has 2 amide bonds. The summed E-state index contributed by atoms with van der Waals surface area (Å²) < 4.78 is 10.3. The number of hydrogen-bond donors (Lipinski definition) is 2. The Morgan fingerprint density at radius 1 is 1.14 bits per heavy atom. The van der Waals surface area contributed by atoms with Crippen LogP contribution in [0.15, 0.2) is 48.5 Å². The van der Waals surface area contributed by atoms with E-state index in [0.717, 1.165) is 0 Å². The summed E-state index contributed by atoms with van der Waals surface area (Å²) in [7, 11) is 0. The van der Waals surface area contributed by atoms with Crippen molar-refractivity contribution in [1.82, 2.24) is 5.32 Å². The van der Waals surface area contributed by atoms with Gasteiger partial charge in [-0.05, 0) is 56.3 Å². The van der Waals surface area contributed by atoms with E-state index in [4.69, 9.17) is 14.7 Å². The quantitative estimate of drug-likeness (QED) is 0.662. The first-order valence-corrected chi connectivity index (χ1v) is 8.94. The molecule has 2 aromatic carbocycles. The summed E-state index contributed by atoms with van der Waals surface area (Å²) in [6.07, 6.45) is -1.07. The molecular weight excluding hydrogens is 374 g/mol. The fraction of sp³-hybridized carbons (Fsp3) is 0.238. The van der Waals surface area contributed by atoms with Gasteiger partial charge in [0.25, 0.3) is 11.8 Å². The summed E-state index contributed by atoms with van der Waals surface area (Å²) >= 11 is 0. The highest BCUT2D eigenvalue weighted by Gasteiger charge is 2.18. The van der Waals surface area contributed by atoms with Gasteiger partial charge in [-0.25, -0.2) is 0 Å². The molecule has 2 N–H and O–H groups in total. The average molecular weight is 395 g/mol. The molecule has 0 radical (unpaired) electrons. The topological polar surface area (TPSA) is 118 Å². The molecule has 0 unspecified atom stereocenters. The third-order valence-corrected chi connectivity index (χ3v) is 3.76. The smallest absolute Gasteiger partial charge is 0.326 e. The van der Waals surface area contributed by atoms with E-state index in [0.29, 0.717) is 29.2 Å². The molecule has 0 aromatic heterocycles. The summed E-state index contributed by atoms with van der Waals surface area (Å²) in [5.74, 6) is -1.11. The van der Waals surface area contributed by atoms with E-state index in [1.54, 1.807) is 42.5 Å². The number of nitriles is 1. The first-order valence-electron chi connectivity index (χ1n) is 8.94. The summed E-state index contributed by atoms with van der Waals surface area (Å²) in [5.41, 5.74) is 1.18. The van der Waals surface area contributed by atoms with Crippen molar-refractivity contribution in [3.63, 3.8) is 0 Å². The van der Waals surface area contributed by atoms with Gasteiger partial charge < -0.3 is 20.1 Å². The van der Waals surface area contributed by atoms with Crippen molar-refractivity contribution in [2.45, 2.75) is 20.0 Å². The van der Waals surface area contributed by atoms with Gasteiger partial charge >= 0.3 is 5.97 Å². The van der Waals surface area contributed by atoms with Gasteiger partial charge in [0.1, 0.15) is 12.3 Å². The number of anilines is 1. The van der Waals surface area contributed by atoms with Crippen LogP contribution in [0.5, 0.6) is 5.75 Å². The Hall–Kier alpha value is -3.86. The van der Waals surface area contributed by atoms with E-state index in [1.807, 2.05) is 13.0 Å². The van der Waals surface area contributed by atoms with Crippen LogP contribution in [0.1, 0.15) is 29.8 Å². The molecule has 0 spiro atoms. The number of nitrogens with zero attached hydrogens (tertiary/aromatic N) is 1. The van der Waals surface area contributed by atoms with E-state index in [1.165, 1.54) is 13.0 Å². The number of carbonyl (C=O) groups is 3. The van der Waals surface area contributed by atoms with Crippen molar-refractivity contribution in [3.8, 4) is 11.8 Å². The van der Waals surface area contributed by atoms with E-state index in [2.05, 4.69) is 10.6 Å². The Labute approximate surface area is 168 Å². The highest BCUT2D eigenvalue weighted by Crippen LogP contribution is 2.12. The summed E-state index contributed by atoms with van der Waals surface area (Å²) in [6, 6.07) is 14.8. The van der Waals surface area contributed by atoms with Crippen LogP contribution in [-0.2, 0) is 14.3 Å². The molecule has 0 bridgehead atoms. The zero-order chi connectivity index (χ0) is 21.2. The average Bonchev–Trinajstić information content (AvgIpc) is 2.72. The van der Waals surface area contributed by atoms with Crippen LogP contribution in [0.25, 0.3) is 0 Å². The number of carbonyl (C=O) groups excluding carboxylic acids is 3. The molecule has 0 heterocycles. The Balaban J connectivity index is 1.80. The lowest BCUT2D eigenvalue weighted by Gasteiger charge is -2.14. The summed E-state index contributed by atoms with van der Waals surface area (Å²) in [6.45, 7) is 3.41. The first kappa shape index (κ1) is 21.4. The summed E-state index contributed by atoms with van der Waals surface area (Å²) in [4.78, 5) is 36.1. The van der Waals surface area contributed by atoms with Crippen LogP contribution >= 0.6 is 0 Å². The molecule has 0 aliphatic carbocycles. The van der Waals surface area contributed by atoms with Gasteiger partial charge in [-0.3, -0.25) is 14.4 Å². The maximum Gasteiger partial charge on any atom is 0.326 e. The molecule has 1 atom stereocenters. The van der Waals surface area contributed by atoms with Crippen molar-refractivity contribution >= 4 is 23.5 Å². The Bertz CT molecular complexity index is 919. The van der Waals surface area contributed by atoms with Crippen LogP contribution in [0.3, 0.4) is 0 Å². The molecule has 2 rings (SSSR count). The van der Waals surface area contributed by atoms with Gasteiger partial charge in [-0.15, -0.1) is 0 Å². The van der Waals surface area contributed by atoms with Crippen molar-refractivity contribution < 1.29 is 23.9 Å². The van der Waals surface area contributed by atoms with Crippen molar-refractivity contribution in [3.05, 3.63) is 59.7 Å². The fourth-order valence-electron chi connectivity index (χ4n) is 2.33. The molecule has 29 heavy (non-hydrogen) atoms. The number of amides is 2. The number of hydrogen-bond acceptors (Lipinski definition) is 6. The fourth-order valence-corrected chi connectivity index (χ4v) is 2.33. The zero-order valence-electron chi connectivity index (χ0n) is 16.1. The van der Waals surface area contributed by atoms with Crippen LogP contribution in [-0.4, -0.2) is 37.0 Å². The largest absolute Gasteiger partial charge is 0.494 e. The monoisotopic (exact) mass is 395 g/mol. The van der Waals surface area contributed by atoms with Gasteiger partial charge in [0.15, 0.2) is 6.10 Å². The first-order chi connectivity index (χ1) is 13.9. The lowest BCUT2D eigenvalue weighted by atomic mass is 10.2. The molecule has 0 aliphatic rings. The summed E-state index contributed by atoms with van der Waals surface area (Å²) in [5, 5.41) is 13.9. The second kappa shape index (κ2) is 10.5. The van der Waals surface area contributed by atoms with Crippen molar-refractivity contribution in [2.75, 3.05) is 18.5 Å².